The molecule has 1 saturated heterocycles. The summed E-state index contributed by atoms with van der Waals surface area (Å²) in [5.41, 5.74) is 5.08. The second-order valence-electron chi connectivity index (χ2n) is 8.05. The summed E-state index contributed by atoms with van der Waals surface area (Å²) < 4.78 is 34.3. The fourth-order valence-electron chi connectivity index (χ4n) is 4.01. The maximum Gasteiger partial charge on any atom is 0.123 e. The van der Waals surface area contributed by atoms with Crippen molar-refractivity contribution >= 4 is 0 Å². The number of halogens is 2. The van der Waals surface area contributed by atoms with E-state index in [1.165, 1.54) is 24.3 Å². The standard InChI is InChI=1S/C26H24F2N4O/c27-22-5-1-19(2-6-22)24-18-32(12-11-31-13-15-33-16-14-31)30-26(24)21-9-10-29-25(17-21)20-3-7-23(28)8-4-20/h1-10,17-18H,11-16H2. The maximum atomic E-state index is 13.6. The Labute approximate surface area is 191 Å². The first-order valence-electron chi connectivity index (χ1n) is 11.0. The largest absolute Gasteiger partial charge is 0.379 e. The number of ether oxygens (including phenoxy) is 1. The number of hydrogen-bond donors (Lipinski definition) is 0. The molecule has 2 aromatic heterocycles. The Balaban J connectivity index is 1.49. The van der Waals surface area contributed by atoms with Gasteiger partial charge in [-0.2, -0.15) is 5.10 Å². The van der Waals surface area contributed by atoms with E-state index in [0.29, 0.717) is 0 Å². The molecule has 4 aromatic rings. The number of nitrogens with zero attached hydrogens (tertiary/aromatic N) is 4. The second-order valence-corrected chi connectivity index (χ2v) is 8.05. The summed E-state index contributed by atoms with van der Waals surface area (Å²) in [6.07, 6.45) is 3.75. The van der Waals surface area contributed by atoms with Crippen molar-refractivity contribution < 1.29 is 13.5 Å². The Morgan fingerprint density at radius 2 is 1.45 bits per heavy atom. The van der Waals surface area contributed by atoms with Crippen molar-refractivity contribution in [2.75, 3.05) is 32.8 Å². The topological polar surface area (TPSA) is 43.2 Å². The smallest absolute Gasteiger partial charge is 0.123 e. The highest BCUT2D eigenvalue weighted by Gasteiger charge is 2.16. The van der Waals surface area contributed by atoms with Gasteiger partial charge in [0.15, 0.2) is 0 Å². The van der Waals surface area contributed by atoms with Crippen molar-refractivity contribution in [3.63, 3.8) is 0 Å². The zero-order valence-corrected chi connectivity index (χ0v) is 18.1. The normalized spacial score (nSPS) is 14.5. The van der Waals surface area contributed by atoms with Crippen molar-refractivity contribution in [3.05, 3.63) is 84.7 Å². The van der Waals surface area contributed by atoms with E-state index >= 15 is 0 Å². The van der Waals surface area contributed by atoms with Crippen molar-refractivity contribution in [2.24, 2.45) is 0 Å². The van der Waals surface area contributed by atoms with Crippen LogP contribution in [0.15, 0.2) is 73.1 Å². The van der Waals surface area contributed by atoms with Crippen LogP contribution in [0.5, 0.6) is 0 Å². The molecule has 0 unspecified atom stereocenters. The molecule has 0 saturated carbocycles. The minimum atomic E-state index is -0.285. The lowest BCUT2D eigenvalue weighted by atomic mass is 10.0. The maximum absolute atomic E-state index is 13.6. The third-order valence-corrected chi connectivity index (χ3v) is 5.84. The van der Waals surface area contributed by atoms with Gasteiger partial charge in [-0.1, -0.05) is 12.1 Å². The Morgan fingerprint density at radius 1 is 0.788 bits per heavy atom. The molecule has 5 rings (SSSR count). The van der Waals surface area contributed by atoms with Crippen LogP contribution in [0.2, 0.25) is 0 Å². The molecule has 3 heterocycles. The highest BCUT2D eigenvalue weighted by Crippen LogP contribution is 2.33. The molecule has 1 aliphatic heterocycles. The molecule has 0 bridgehead atoms. The average Bonchev–Trinajstić information content (AvgIpc) is 3.29. The Hall–Kier alpha value is -3.42. The van der Waals surface area contributed by atoms with E-state index in [2.05, 4.69) is 9.88 Å². The highest BCUT2D eigenvalue weighted by atomic mass is 19.1. The molecule has 168 valence electrons. The summed E-state index contributed by atoms with van der Waals surface area (Å²) in [5.74, 6) is -0.560. The quantitative estimate of drug-likeness (QED) is 0.423. The first kappa shape index (κ1) is 21.4. The predicted molar refractivity (Wildman–Crippen MR) is 124 cm³/mol. The fourth-order valence-corrected chi connectivity index (χ4v) is 4.01. The molecule has 2 aromatic carbocycles. The van der Waals surface area contributed by atoms with Gasteiger partial charge in [-0.25, -0.2) is 8.78 Å². The highest BCUT2D eigenvalue weighted by molar-refractivity contribution is 5.81. The summed E-state index contributed by atoms with van der Waals surface area (Å²) in [6.45, 7) is 4.98. The van der Waals surface area contributed by atoms with Crippen molar-refractivity contribution in [1.82, 2.24) is 19.7 Å². The lowest BCUT2D eigenvalue weighted by Crippen LogP contribution is -2.38. The number of aromatic nitrogens is 3. The van der Waals surface area contributed by atoms with Gasteiger partial charge in [0, 0.05) is 48.7 Å². The van der Waals surface area contributed by atoms with Crippen LogP contribution in [0, 0.1) is 11.6 Å². The Bertz CT molecular complexity index is 1220. The minimum absolute atomic E-state index is 0.275. The van der Waals surface area contributed by atoms with E-state index in [-0.39, 0.29) is 11.6 Å². The van der Waals surface area contributed by atoms with Crippen molar-refractivity contribution in [2.45, 2.75) is 6.54 Å². The van der Waals surface area contributed by atoms with Gasteiger partial charge in [-0.3, -0.25) is 14.6 Å². The zero-order valence-electron chi connectivity index (χ0n) is 18.1. The Kier molecular flexibility index (Phi) is 6.24. The van der Waals surface area contributed by atoms with E-state index < -0.39 is 0 Å². The molecule has 0 amide bonds. The fraction of sp³-hybridized carbons (Fsp3) is 0.231. The lowest BCUT2D eigenvalue weighted by Gasteiger charge is -2.26. The van der Waals surface area contributed by atoms with E-state index in [9.17, 15) is 8.78 Å². The molecular formula is C26H24F2N4O. The van der Waals surface area contributed by atoms with Gasteiger partial charge in [0.25, 0.3) is 0 Å². The van der Waals surface area contributed by atoms with Gasteiger partial charge in [0.2, 0.25) is 0 Å². The number of hydrogen-bond acceptors (Lipinski definition) is 4. The number of morpholine rings is 1. The molecule has 5 nitrogen and oxygen atoms in total. The summed E-state index contributed by atoms with van der Waals surface area (Å²) in [4.78, 5) is 6.82. The second kappa shape index (κ2) is 9.60. The van der Waals surface area contributed by atoms with Crippen molar-refractivity contribution in [3.8, 4) is 33.6 Å². The molecule has 33 heavy (non-hydrogen) atoms. The molecule has 7 heteroatoms. The van der Waals surface area contributed by atoms with E-state index in [0.717, 1.165) is 73.0 Å². The van der Waals surface area contributed by atoms with Crippen LogP contribution in [0.3, 0.4) is 0 Å². The lowest BCUT2D eigenvalue weighted by molar-refractivity contribution is 0.0360. The first-order valence-corrected chi connectivity index (χ1v) is 11.0. The third-order valence-electron chi connectivity index (χ3n) is 5.84. The SMILES string of the molecule is Fc1ccc(-c2cc(-c3nn(CCN4CCOCC4)cc3-c3ccc(F)cc3)ccn2)cc1. The summed E-state index contributed by atoms with van der Waals surface area (Å²) >= 11 is 0. The average molecular weight is 447 g/mol. The van der Waals surface area contributed by atoms with Crippen LogP contribution in [0.25, 0.3) is 33.6 Å². The van der Waals surface area contributed by atoms with Crippen LogP contribution >= 0.6 is 0 Å². The van der Waals surface area contributed by atoms with Crippen LogP contribution < -0.4 is 0 Å². The number of pyridine rings is 1. The van der Waals surface area contributed by atoms with Crippen LogP contribution in [0.1, 0.15) is 0 Å². The number of benzene rings is 2. The van der Waals surface area contributed by atoms with Gasteiger partial charge >= 0.3 is 0 Å². The summed E-state index contributed by atoms with van der Waals surface area (Å²) in [5, 5.41) is 4.89. The van der Waals surface area contributed by atoms with E-state index in [1.807, 2.05) is 23.0 Å². The van der Waals surface area contributed by atoms with E-state index in [1.54, 1.807) is 30.5 Å². The van der Waals surface area contributed by atoms with Crippen LogP contribution in [-0.4, -0.2) is 52.5 Å². The van der Waals surface area contributed by atoms with Gasteiger partial charge < -0.3 is 4.74 Å². The molecule has 0 spiro atoms. The molecule has 0 radical (unpaired) electrons. The zero-order chi connectivity index (χ0) is 22.6. The van der Waals surface area contributed by atoms with E-state index in [4.69, 9.17) is 9.84 Å². The molecule has 0 atom stereocenters. The molecule has 0 aliphatic carbocycles. The minimum Gasteiger partial charge on any atom is -0.379 e. The van der Waals surface area contributed by atoms with Gasteiger partial charge in [-0.15, -0.1) is 0 Å². The predicted octanol–water partition coefficient (Wildman–Crippen LogP) is 4.89. The third kappa shape index (κ3) is 4.99. The van der Waals surface area contributed by atoms with Gasteiger partial charge in [0.05, 0.1) is 25.5 Å². The van der Waals surface area contributed by atoms with Gasteiger partial charge in [0.1, 0.15) is 17.3 Å². The van der Waals surface area contributed by atoms with Crippen molar-refractivity contribution in [1.29, 1.82) is 0 Å². The Morgan fingerprint density at radius 3 is 2.15 bits per heavy atom. The summed E-state index contributed by atoms with van der Waals surface area (Å²) in [7, 11) is 0. The molecule has 1 fully saturated rings. The molecular weight excluding hydrogens is 422 g/mol. The monoisotopic (exact) mass is 446 g/mol. The summed E-state index contributed by atoms with van der Waals surface area (Å²) in [6, 6.07) is 16.6. The molecule has 0 N–H and O–H groups in total. The van der Waals surface area contributed by atoms with Gasteiger partial charge in [-0.05, 0) is 54.1 Å². The van der Waals surface area contributed by atoms with Crippen LogP contribution in [-0.2, 0) is 11.3 Å². The molecule has 1 aliphatic rings. The van der Waals surface area contributed by atoms with Crippen LogP contribution in [0.4, 0.5) is 8.78 Å². The number of rotatable bonds is 6. The first-order chi connectivity index (χ1) is 16.2.